The molecule has 0 atom stereocenters. The molecule has 6 rings (SSSR count). The van der Waals surface area contributed by atoms with Crippen molar-refractivity contribution in [1.82, 2.24) is 0 Å². The van der Waals surface area contributed by atoms with Gasteiger partial charge in [-0.2, -0.15) is 0 Å². The highest BCUT2D eigenvalue weighted by atomic mass is 15.1. The Morgan fingerprint density at radius 3 is 1.89 bits per heavy atom. The Morgan fingerprint density at radius 1 is 0.815 bits per heavy atom. The molecule has 0 heterocycles. The summed E-state index contributed by atoms with van der Waals surface area (Å²) in [7, 11) is 4.13. The number of benzene rings is 2. The van der Waals surface area contributed by atoms with Gasteiger partial charge in [0.05, 0.1) is 5.69 Å². The van der Waals surface area contributed by atoms with Crippen LogP contribution in [0.15, 0.2) is 53.5 Å². The van der Waals surface area contributed by atoms with Gasteiger partial charge in [0.2, 0.25) is 0 Å². The predicted octanol–water partition coefficient (Wildman–Crippen LogP) is 5.97. The normalized spacial score (nSPS) is 31.6. The molecule has 4 fully saturated rings. The lowest BCUT2D eigenvalue weighted by atomic mass is 9.48. The molecule has 0 aromatic heterocycles. The van der Waals surface area contributed by atoms with Gasteiger partial charge in [-0.05, 0) is 97.1 Å². The fourth-order valence-corrected chi connectivity index (χ4v) is 6.37. The van der Waals surface area contributed by atoms with Gasteiger partial charge in [0.25, 0.3) is 0 Å². The molecule has 140 valence electrons. The van der Waals surface area contributed by atoms with Gasteiger partial charge in [0, 0.05) is 26.0 Å². The number of nitrogens with zero attached hydrogens (tertiary/aromatic N) is 2. The van der Waals surface area contributed by atoms with Crippen LogP contribution in [0.25, 0.3) is 0 Å². The maximum atomic E-state index is 4.70. The fraction of sp³-hybridized carbons (Fsp3) is 0.480. The van der Waals surface area contributed by atoms with Crippen molar-refractivity contribution in [2.45, 2.75) is 43.9 Å². The van der Waals surface area contributed by atoms with Crippen molar-refractivity contribution in [3.63, 3.8) is 0 Å². The first-order chi connectivity index (χ1) is 13.1. The Kier molecular flexibility index (Phi) is 4.11. The van der Waals surface area contributed by atoms with Crippen molar-refractivity contribution in [3.05, 3.63) is 59.7 Å². The SMILES string of the molecule is CN(C)c1ccc(C=Nc2ccc(C34CC5CC(CC(C5)C3)C4)cc2)cc1. The summed E-state index contributed by atoms with van der Waals surface area (Å²) in [5, 5.41) is 0. The average molecular weight is 359 g/mol. The summed E-state index contributed by atoms with van der Waals surface area (Å²) in [5.41, 5.74) is 5.48. The van der Waals surface area contributed by atoms with Crippen LogP contribution in [0.3, 0.4) is 0 Å². The molecule has 2 nitrogen and oxygen atoms in total. The van der Waals surface area contributed by atoms with E-state index in [9.17, 15) is 0 Å². The molecular weight excluding hydrogens is 328 g/mol. The molecule has 0 radical (unpaired) electrons. The largest absolute Gasteiger partial charge is 0.378 e. The minimum Gasteiger partial charge on any atom is -0.378 e. The second-order valence-electron chi connectivity index (χ2n) is 9.49. The number of aliphatic imine (C=N–C) groups is 1. The zero-order valence-electron chi connectivity index (χ0n) is 16.6. The van der Waals surface area contributed by atoms with Gasteiger partial charge in [-0.3, -0.25) is 4.99 Å². The molecular formula is C25H30N2. The van der Waals surface area contributed by atoms with Crippen LogP contribution in [0.4, 0.5) is 11.4 Å². The van der Waals surface area contributed by atoms with Crippen LogP contribution < -0.4 is 4.90 Å². The molecule has 2 heteroatoms. The van der Waals surface area contributed by atoms with Gasteiger partial charge in [0.15, 0.2) is 0 Å². The number of hydrogen-bond donors (Lipinski definition) is 0. The standard InChI is InChI=1S/C25H30N2/c1-27(2)24-9-3-18(4-10-24)17-26-23-7-5-22(6-8-23)25-14-19-11-20(15-25)13-21(12-19)16-25/h3-10,17,19-21H,11-16H2,1-2H3. The van der Waals surface area contributed by atoms with E-state index in [0.29, 0.717) is 5.41 Å². The number of anilines is 1. The summed E-state index contributed by atoms with van der Waals surface area (Å²) in [6, 6.07) is 17.7. The summed E-state index contributed by atoms with van der Waals surface area (Å²) in [4.78, 5) is 6.82. The van der Waals surface area contributed by atoms with Gasteiger partial charge in [0.1, 0.15) is 0 Å². The van der Waals surface area contributed by atoms with E-state index < -0.39 is 0 Å². The molecule has 0 saturated heterocycles. The van der Waals surface area contributed by atoms with Crippen molar-refractivity contribution in [2.75, 3.05) is 19.0 Å². The van der Waals surface area contributed by atoms with E-state index in [1.165, 1.54) is 44.2 Å². The third kappa shape index (κ3) is 3.20. The smallest absolute Gasteiger partial charge is 0.0630 e. The lowest BCUT2D eigenvalue weighted by Gasteiger charge is -2.57. The van der Waals surface area contributed by atoms with E-state index in [0.717, 1.165) is 29.0 Å². The molecule has 4 bridgehead atoms. The molecule has 0 unspecified atom stereocenters. The summed E-state index contributed by atoms with van der Waals surface area (Å²) < 4.78 is 0. The topological polar surface area (TPSA) is 15.6 Å². The van der Waals surface area contributed by atoms with Gasteiger partial charge >= 0.3 is 0 Å². The Labute approximate surface area is 163 Å². The van der Waals surface area contributed by atoms with E-state index >= 15 is 0 Å². The minimum absolute atomic E-state index is 0.485. The van der Waals surface area contributed by atoms with Gasteiger partial charge in [-0.25, -0.2) is 0 Å². The van der Waals surface area contributed by atoms with E-state index in [1.807, 2.05) is 6.21 Å². The Hall–Kier alpha value is -2.09. The lowest BCUT2D eigenvalue weighted by Crippen LogP contribution is -2.48. The quantitative estimate of drug-likeness (QED) is 0.615. The second kappa shape index (κ2) is 6.51. The summed E-state index contributed by atoms with van der Waals surface area (Å²) in [6.45, 7) is 0. The maximum absolute atomic E-state index is 4.70. The van der Waals surface area contributed by atoms with Crippen molar-refractivity contribution < 1.29 is 0 Å². The number of hydrogen-bond acceptors (Lipinski definition) is 2. The van der Waals surface area contributed by atoms with E-state index in [1.54, 1.807) is 5.56 Å². The van der Waals surface area contributed by atoms with Crippen LogP contribution in [0.5, 0.6) is 0 Å². The average Bonchev–Trinajstić information content (AvgIpc) is 2.66. The first-order valence-electron chi connectivity index (χ1n) is 10.5. The molecule has 4 aliphatic carbocycles. The summed E-state index contributed by atoms with van der Waals surface area (Å²) in [6.07, 6.45) is 10.8. The highest BCUT2D eigenvalue weighted by Crippen LogP contribution is 2.60. The predicted molar refractivity (Wildman–Crippen MR) is 114 cm³/mol. The van der Waals surface area contributed by atoms with Crippen molar-refractivity contribution in [3.8, 4) is 0 Å². The first-order valence-corrected chi connectivity index (χ1v) is 10.5. The van der Waals surface area contributed by atoms with E-state index in [2.05, 4.69) is 67.5 Å². The van der Waals surface area contributed by atoms with Crippen LogP contribution in [0.1, 0.15) is 49.7 Å². The van der Waals surface area contributed by atoms with Crippen LogP contribution in [-0.4, -0.2) is 20.3 Å². The summed E-state index contributed by atoms with van der Waals surface area (Å²) in [5.74, 6) is 3.00. The zero-order chi connectivity index (χ0) is 18.4. The molecule has 0 amide bonds. The van der Waals surface area contributed by atoms with Gasteiger partial charge < -0.3 is 4.90 Å². The summed E-state index contributed by atoms with van der Waals surface area (Å²) >= 11 is 0. The van der Waals surface area contributed by atoms with Crippen LogP contribution >= 0.6 is 0 Å². The molecule has 0 spiro atoms. The zero-order valence-corrected chi connectivity index (χ0v) is 16.6. The van der Waals surface area contributed by atoms with Crippen molar-refractivity contribution >= 4 is 17.6 Å². The molecule has 0 aliphatic heterocycles. The minimum atomic E-state index is 0.485. The molecule has 2 aromatic carbocycles. The van der Waals surface area contributed by atoms with E-state index in [4.69, 9.17) is 4.99 Å². The lowest BCUT2D eigenvalue weighted by molar-refractivity contribution is -0.00518. The van der Waals surface area contributed by atoms with E-state index in [-0.39, 0.29) is 0 Å². The van der Waals surface area contributed by atoms with Crippen LogP contribution in [0.2, 0.25) is 0 Å². The second-order valence-corrected chi connectivity index (χ2v) is 9.49. The van der Waals surface area contributed by atoms with Crippen molar-refractivity contribution in [2.24, 2.45) is 22.7 Å². The monoisotopic (exact) mass is 358 g/mol. The molecule has 4 saturated carbocycles. The highest BCUT2D eigenvalue weighted by Gasteiger charge is 2.51. The molecule has 27 heavy (non-hydrogen) atoms. The first kappa shape index (κ1) is 17.0. The fourth-order valence-electron chi connectivity index (χ4n) is 6.37. The Bertz CT molecular complexity index is 794. The van der Waals surface area contributed by atoms with Gasteiger partial charge in [-0.15, -0.1) is 0 Å². The molecule has 4 aliphatic rings. The van der Waals surface area contributed by atoms with Crippen LogP contribution in [-0.2, 0) is 5.41 Å². The molecule has 2 aromatic rings. The maximum Gasteiger partial charge on any atom is 0.0630 e. The third-order valence-electron chi connectivity index (χ3n) is 7.29. The van der Waals surface area contributed by atoms with Crippen LogP contribution in [0, 0.1) is 17.8 Å². The van der Waals surface area contributed by atoms with Crippen molar-refractivity contribution in [1.29, 1.82) is 0 Å². The number of rotatable bonds is 4. The third-order valence-corrected chi connectivity index (χ3v) is 7.29. The Morgan fingerprint density at radius 2 is 1.37 bits per heavy atom. The highest BCUT2D eigenvalue weighted by molar-refractivity contribution is 5.82. The van der Waals surface area contributed by atoms with Gasteiger partial charge in [-0.1, -0.05) is 24.3 Å². The molecule has 0 N–H and O–H groups in total. The Balaban J connectivity index is 1.32.